The van der Waals surface area contributed by atoms with E-state index in [0.717, 1.165) is 19.4 Å². The third-order valence-electron chi connectivity index (χ3n) is 4.81. The molecule has 3 rings (SSSR count). The minimum Gasteiger partial charge on any atom is -0.341 e. The Labute approximate surface area is 140 Å². The fraction of sp³-hybridized carbons (Fsp3) is 0.364. The van der Waals surface area contributed by atoms with Gasteiger partial charge in [0, 0.05) is 17.9 Å². The molecular weight excluding hydrogens is 278 g/mol. The number of hydrogen-bond donors (Lipinski definition) is 0. The monoisotopic (exact) mass is 305 g/mol. The van der Waals surface area contributed by atoms with Crippen LogP contribution in [-0.2, 0) is 12.8 Å². The lowest BCUT2D eigenvalue weighted by Gasteiger charge is -2.27. The zero-order valence-electron chi connectivity index (χ0n) is 14.2. The van der Waals surface area contributed by atoms with Gasteiger partial charge in [0.05, 0.1) is 0 Å². The summed E-state index contributed by atoms with van der Waals surface area (Å²) < 4.78 is 0. The van der Waals surface area contributed by atoms with Crippen LogP contribution < -0.4 is 4.90 Å². The van der Waals surface area contributed by atoms with Crippen molar-refractivity contribution >= 4 is 17.5 Å². The molecule has 0 amide bonds. The van der Waals surface area contributed by atoms with Crippen LogP contribution in [0.4, 0.5) is 11.4 Å². The van der Waals surface area contributed by atoms with Gasteiger partial charge < -0.3 is 4.90 Å². The Morgan fingerprint density at radius 2 is 1.74 bits per heavy atom. The SMILES string of the molecule is C=Cc1ccc2c(c1)CCc1ccccc1N2CCCCCC. The fourth-order valence-electron chi connectivity index (χ4n) is 3.52. The van der Waals surface area contributed by atoms with E-state index < -0.39 is 0 Å². The number of para-hydroxylation sites is 1. The Hall–Kier alpha value is -2.02. The number of fused-ring (bicyclic) bond motifs is 2. The zero-order valence-corrected chi connectivity index (χ0v) is 14.2. The third-order valence-corrected chi connectivity index (χ3v) is 4.81. The van der Waals surface area contributed by atoms with Gasteiger partial charge in [0.15, 0.2) is 0 Å². The second-order valence-corrected chi connectivity index (χ2v) is 6.43. The molecule has 0 saturated carbocycles. The summed E-state index contributed by atoms with van der Waals surface area (Å²) in [6.45, 7) is 7.30. The van der Waals surface area contributed by atoms with Crippen LogP contribution in [0.1, 0.15) is 49.3 Å². The van der Waals surface area contributed by atoms with Gasteiger partial charge in [-0.05, 0) is 54.2 Å². The van der Waals surface area contributed by atoms with E-state index in [-0.39, 0.29) is 0 Å². The molecule has 120 valence electrons. The van der Waals surface area contributed by atoms with Crippen molar-refractivity contribution < 1.29 is 0 Å². The smallest absolute Gasteiger partial charge is 0.0443 e. The predicted molar refractivity (Wildman–Crippen MR) is 102 cm³/mol. The highest BCUT2D eigenvalue weighted by Crippen LogP contribution is 2.36. The normalized spacial score (nSPS) is 13.2. The maximum atomic E-state index is 3.92. The summed E-state index contributed by atoms with van der Waals surface area (Å²) in [4.78, 5) is 2.54. The molecule has 0 radical (unpaired) electrons. The molecule has 0 bridgehead atoms. The summed E-state index contributed by atoms with van der Waals surface area (Å²) in [5, 5.41) is 0. The summed E-state index contributed by atoms with van der Waals surface area (Å²) in [5.74, 6) is 0. The van der Waals surface area contributed by atoms with Crippen molar-refractivity contribution in [1.29, 1.82) is 0 Å². The van der Waals surface area contributed by atoms with Crippen molar-refractivity contribution in [1.82, 2.24) is 0 Å². The van der Waals surface area contributed by atoms with Gasteiger partial charge in [0.2, 0.25) is 0 Å². The molecule has 0 atom stereocenters. The summed E-state index contributed by atoms with van der Waals surface area (Å²) >= 11 is 0. The Balaban J connectivity index is 1.95. The number of rotatable bonds is 6. The van der Waals surface area contributed by atoms with Crippen LogP contribution >= 0.6 is 0 Å². The Bertz CT molecular complexity index is 671. The molecule has 0 aromatic heterocycles. The number of unbranched alkanes of at least 4 members (excludes halogenated alkanes) is 3. The van der Waals surface area contributed by atoms with Crippen LogP contribution in [0.15, 0.2) is 49.0 Å². The highest BCUT2D eigenvalue weighted by molar-refractivity contribution is 5.72. The van der Waals surface area contributed by atoms with Crippen molar-refractivity contribution in [2.75, 3.05) is 11.4 Å². The molecule has 2 aromatic rings. The minimum absolute atomic E-state index is 1.11. The van der Waals surface area contributed by atoms with Crippen LogP contribution in [0.2, 0.25) is 0 Å². The first kappa shape index (κ1) is 15.9. The van der Waals surface area contributed by atoms with E-state index in [1.165, 1.54) is 53.7 Å². The number of hydrogen-bond acceptors (Lipinski definition) is 1. The molecule has 0 aliphatic carbocycles. The maximum Gasteiger partial charge on any atom is 0.0443 e. The first-order valence-electron chi connectivity index (χ1n) is 8.94. The van der Waals surface area contributed by atoms with E-state index in [1.54, 1.807) is 0 Å². The summed E-state index contributed by atoms with van der Waals surface area (Å²) in [7, 11) is 0. The van der Waals surface area contributed by atoms with Gasteiger partial charge in [-0.2, -0.15) is 0 Å². The second kappa shape index (κ2) is 7.50. The fourth-order valence-corrected chi connectivity index (χ4v) is 3.52. The average molecular weight is 305 g/mol. The lowest BCUT2D eigenvalue weighted by molar-refractivity contribution is 0.668. The first-order valence-corrected chi connectivity index (χ1v) is 8.94. The predicted octanol–water partition coefficient (Wildman–Crippen LogP) is 6.15. The highest BCUT2D eigenvalue weighted by atomic mass is 15.1. The number of anilines is 2. The number of aryl methyl sites for hydroxylation is 2. The lowest BCUT2D eigenvalue weighted by atomic mass is 10.0. The van der Waals surface area contributed by atoms with Crippen molar-refractivity contribution in [2.45, 2.75) is 45.4 Å². The van der Waals surface area contributed by atoms with Crippen LogP contribution in [0.25, 0.3) is 6.08 Å². The van der Waals surface area contributed by atoms with E-state index in [0.29, 0.717) is 0 Å². The van der Waals surface area contributed by atoms with E-state index >= 15 is 0 Å². The van der Waals surface area contributed by atoms with Crippen LogP contribution in [0.3, 0.4) is 0 Å². The summed E-state index contributed by atoms with van der Waals surface area (Å²) in [5.41, 5.74) is 6.93. The molecular formula is C22H27N. The molecule has 0 fully saturated rings. The second-order valence-electron chi connectivity index (χ2n) is 6.43. The van der Waals surface area contributed by atoms with Gasteiger partial charge in [-0.25, -0.2) is 0 Å². The van der Waals surface area contributed by atoms with Crippen LogP contribution in [0.5, 0.6) is 0 Å². The van der Waals surface area contributed by atoms with Gasteiger partial charge in [-0.15, -0.1) is 0 Å². The number of benzene rings is 2. The van der Waals surface area contributed by atoms with Gasteiger partial charge in [-0.1, -0.05) is 63.1 Å². The van der Waals surface area contributed by atoms with E-state index in [1.807, 2.05) is 6.08 Å². The van der Waals surface area contributed by atoms with Gasteiger partial charge in [0.25, 0.3) is 0 Å². The molecule has 1 heteroatoms. The molecule has 1 aliphatic rings. The molecule has 2 aromatic carbocycles. The average Bonchev–Trinajstić information content (AvgIpc) is 2.75. The molecule has 0 spiro atoms. The van der Waals surface area contributed by atoms with Crippen molar-refractivity contribution in [2.24, 2.45) is 0 Å². The first-order chi connectivity index (χ1) is 11.3. The van der Waals surface area contributed by atoms with Gasteiger partial charge in [-0.3, -0.25) is 0 Å². The summed E-state index contributed by atoms with van der Waals surface area (Å²) in [6, 6.07) is 15.7. The largest absolute Gasteiger partial charge is 0.341 e. The lowest BCUT2D eigenvalue weighted by Crippen LogP contribution is -2.19. The minimum atomic E-state index is 1.11. The van der Waals surface area contributed by atoms with E-state index in [4.69, 9.17) is 0 Å². The van der Waals surface area contributed by atoms with E-state index in [9.17, 15) is 0 Å². The third kappa shape index (κ3) is 3.50. The standard InChI is InChI=1S/C22H27N/c1-3-5-6-9-16-23-21-11-8-7-10-19(21)13-14-20-17-18(4-2)12-15-22(20)23/h4,7-8,10-12,15,17H,2-3,5-6,9,13-14,16H2,1H3. The maximum absolute atomic E-state index is 3.92. The zero-order chi connectivity index (χ0) is 16.1. The van der Waals surface area contributed by atoms with E-state index in [2.05, 4.69) is 60.9 Å². The molecule has 0 N–H and O–H groups in total. The molecule has 1 aliphatic heterocycles. The summed E-state index contributed by atoms with van der Waals surface area (Å²) in [6.07, 6.45) is 9.37. The Kier molecular flexibility index (Phi) is 5.17. The molecule has 1 heterocycles. The molecule has 23 heavy (non-hydrogen) atoms. The van der Waals surface area contributed by atoms with Crippen molar-refractivity contribution in [3.05, 3.63) is 65.7 Å². The quantitative estimate of drug-likeness (QED) is 0.579. The topological polar surface area (TPSA) is 3.24 Å². The molecule has 0 saturated heterocycles. The van der Waals surface area contributed by atoms with Crippen LogP contribution in [-0.4, -0.2) is 6.54 Å². The molecule has 0 unspecified atom stereocenters. The van der Waals surface area contributed by atoms with Gasteiger partial charge >= 0.3 is 0 Å². The highest BCUT2D eigenvalue weighted by Gasteiger charge is 2.20. The Morgan fingerprint density at radius 1 is 0.957 bits per heavy atom. The van der Waals surface area contributed by atoms with Crippen molar-refractivity contribution in [3.8, 4) is 0 Å². The van der Waals surface area contributed by atoms with Crippen LogP contribution in [0, 0.1) is 0 Å². The van der Waals surface area contributed by atoms with Crippen molar-refractivity contribution in [3.63, 3.8) is 0 Å². The molecule has 1 nitrogen and oxygen atoms in total. The number of nitrogens with zero attached hydrogens (tertiary/aromatic N) is 1. The van der Waals surface area contributed by atoms with Gasteiger partial charge in [0.1, 0.15) is 0 Å². The Morgan fingerprint density at radius 3 is 2.57 bits per heavy atom.